The summed E-state index contributed by atoms with van der Waals surface area (Å²) < 4.78 is 0. The van der Waals surface area contributed by atoms with Gasteiger partial charge in [0.1, 0.15) is 17.3 Å². The first-order valence-corrected chi connectivity index (χ1v) is 6.03. The molecule has 1 atom stereocenters. The molecule has 0 aromatic carbocycles. The third kappa shape index (κ3) is 3.06. The van der Waals surface area contributed by atoms with Crippen LogP contribution in [0.1, 0.15) is 12.8 Å². The number of hydrogen-bond donors (Lipinski definition) is 1. The highest BCUT2D eigenvalue weighted by Gasteiger charge is 2.15. The van der Waals surface area contributed by atoms with Crippen LogP contribution in [0, 0.1) is 5.92 Å². The van der Waals surface area contributed by atoms with Gasteiger partial charge in [-0.2, -0.15) is 0 Å². The van der Waals surface area contributed by atoms with Crippen molar-refractivity contribution in [3.8, 4) is 0 Å². The van der Waals surface area contributed by atoms with Crippen molar-refractivity contribution in [2.45, 2.75) is 12.8 Å². The summed E-state index contributed by atoms with van der Waals surface area (Å²) in [5.74, 6) is 1.60. The zero-order valence-corrected chi connectivity index (χ0v) is 10.2. The second-order valence-corrected chi connectivity index (χ2v) is 4.68. The maximum Gasteiger partial charge on any atom is 0.134 e. The van der Waals surface area contributed by atoms with E-state index in [2.05, 4.69) is 20.2 Å². The first kappa shape index (κ1) is 11.6. The van der Waals surface area contributed by atoms with E-state index in [4.69, 9.17) is 11.6 Å². The van der Waals surface area contributed by atoms with Crippen LogP contribution in [-0.2, 0) is 0 Å². The molecule has 1 unspecified atom stereocenters. The molecule has 2 heterocycles. The van der Waals surface area contributed by atoms with E-state index >= 15 is 0 Å². The summed E-state index contributed by atoms with van der Waals surface area (Å²) in [6, 6.07) is 1.80. The van der Waals surface area contributed by atoms with E-state index in [1.54, 1.807) is 6.07 Å². The SMILES string of the molecule is CN(CC1CCCNC1)c1cc(Cl)ncn1. The Morgan fingerprint density at radius 2 is 2.44 bits per heavy atom. The van der Waals surface area contributed by atoms with Crippen molar-refractivity contribution in [2.75, 3.05) is 31.6 Å². The Kier molecular flexibility index (Phi) is 3.96. The molecule has 0 saturated carbocycles. The van der Waals surface area contributed by atoms with Crippen molar-refractivity contribution in [3.63, 3.8) is 0 Å². The number of hydrogen-bond acceptors (Lipinski definition) is 4. The summed E-state index contributed by atoms with van der Waals surface area (Å²) in [6.07, 6.45) is 4.06. The van der Waals surface area contributed by atoms with Gasteiger partial charge in [0.05, 0.1) is 0 Å². The Labute approximate surface area is 101 Å². The predicted molar refractivity (Wildman–Crippen MR) is 65.9 cm³/mol. The van der Waals surface area contributed by atoms with Gasteiger partial charge in [0.15, 0.2) is 0 Å². The van der Waals surface area contributed by atoms with E-state index < -0.39 is 0 Å². The molecule has 1 N–H and O–H groups in total. The zero-order chi connectivity index (χ0) is 11.4. The highest BCUT2D eigenvalue weighted by molar-refractivity contribution is 6.29. The number of rotatable bonds is 3. The van der Waals surface area contributed by atoms with Crippen LogP contribution in [0.5, 0.6) is 0 Å². The Morgan fingerprint density at radius 3 is 3.12 bits per heavy atom. The van der Waals surface area contributed by atoms with Gasteiger partial charge in [-0.1, -0.05) is 11.6 Å². The number of halogens is 1. The number of piperidine rings is 1. The maximum atomic E-state index is 5.84. The average molecular weight is 241 g/mol. The average Bonchev–Trinajstić information content (AvgIpc) is 2.30. The normalized spacial score (nSPS) is 20.8. The monoisotopic (exact) mass is 240 g/mol. The Balaban J connectivity index is 1.94. The van der Waals surface area contributed by atoms with Crippen molar-refractivity contribution in [2.24, 2.45) is 5.92 Å². The molecule has 0 bridgehead atoms. The summed E-state index contributed by atoms with van der Waals surface area (Å²) in [4.78, 5) is 10.2. The fourth-order valence-corrected chi connectivity index (χ4v) is 2.23. The van der Waals surface area contributed by atoms with Gasteiger partial charge in [0.2, 0.25) is 0 Å². The minimum atomic E-state index is 0.499. The molecular weight excluding hydrogens is 224 g/mol. The highest BCUT2D eigenvalue weighted by Crippen LogP contribution is 2.17. The van der Waals surface area contributed by atoms with Crippen LogP contribution in [-0.4, -0.2) is 36.6 Å². The third-order valence-electron chi connectivity index (χ3n) is 2.94. The number of anilines is 1. The topological polar surface area (TPSA) is 41.0 Å². The Bertz CT molecular complexity index is 339. The van der Waals surface area contributed by atoms with Gasteiger partial charge >= 0.3 is 0 Å². The van der Waals surface area contributed by atoms with Crippen LogP contribution in [0.15, 0.2) is 12.4 Å². The Hall–Kier alpha value is -0.870. The summed E-state index contributed by atoms with van der Waals surface area (Å²) in [5.41, 5.74) is 0. The highest BCUT2D eigenvalue weighted by atomic mass is 35.5. The van der Waals surface area contributed by atoms with E-state index in [0.717, 1.165) is 25.5 Å². The molecule has 0 amide bonds. The van der Waals surface area contributed by atoms with Gasteiger partial charge in [-0.05, 0) is 31.8 Å². The fourth-order valence-electron chi connectivity index (χ4n) is 2.09. The number of aromatic nitrogens is 2. The van der Waals surface area contributed by atoms with Crippen LogP contribution < -0.4 is 10.2 Å². The molecule has 0 spiro atoms. The van der Waals surface area contributed by atoms with Crippen LogP contribution in [0.4, 0.5) is 5.82 Å². The second kappa shape index (κ2) is 5.46. The molecule has 1 fully saturated rings. The van der Waals surface area contributed by atoms with Crippen LogP contribution in [0.25, 0.3) is 0 Å². The van der Waals surface area contributed by atoms with Crippen LogP contribution in [0.2, 0.25) is 5.15 Å². The molecule has 1 aliphatic rings. The fraction of sp³-hybridized carbons (Fsp3) is 0.636. The van der Waals surface area contributed by atoms with E-state index in [0.29, 0.717) is 11.1 Å². The Morgan fingerprint density at radius 1 is 1.56 bits per heavy atom. The number of nitrogens with zero attached hydrogens (tertiary/aromatic N) is 3. The molecule has 0 aliphatic carbocycles. The summed E-state index contributed by atoms with van der Waals surface area (Å²) >= 11 is 5.84. The molecule has 5 heteroatoms. The standard InChI is InChI=1S/C11H17ClN4/c1-16(7-9-3-2-4-13-6-9)11-5-10(12)14-8-15-11/h5,8-9,13H,2-4,6-7H2,1H3. The van der Waals surface area contributed by atoms with Crippen LogP contribution in [0.3, 0.4) is 0 Å². The molecular formula is C11H17ClN4. The van der Waals surface area contributed by atoms with Crippen molar-refractivity contribution >= 4 is 17.4 Å². The zero-order valence-electron chi connectivity index (χ0n) is 9.49. The molecule has 1 aromatic rings. The summed E-state index contributed by atoms with van der Waals surface area (Å²) in [6.45, 7) is 3.27. The van der Waals surface area contributed by atoms with E-state index in [1.807, 2.05) is 7.05 Å². The minimum Gasteiger partial charge on any atom is -0.359 e. The molecule has 0 radical (unpaired) electrons. The van der Waals surface area contributed by atoms with Crippen molar-refractivity contribution in [1.82, 2.24) is 15.3 Å². The predicted octanol–water partition coefficient (Wildman–Crippen LogP) is 1.57. The molecule has 4 nitrogen and oxygen atoms in total. The minimum absolute atomic E-state index is 0.499. The third-order valence-corrected chi connectivity index (χ3v) is 3.15. The maximum absolute atomic E-state index is 5.84. The molecule has 16 heavy (non-hydrogen) atoms. The molecule has 1 aromatic heterocycles. The lowest BCUT2D eigenvalue weighted by molar-refractivity contribution is 0.380. The van der Waals surface area contributed by atoms with Gasteiger partial charge in [-0.25, -0.2) is 9.97 Å². The van der Waals surface area contributed by atoms with Crippen molar-refractivity contribution in [1.29, 1.82) is 0 Å². The second-order valence-electron chi connectivity index (χ2n) is 4.29. The van der Waals surface area contributed by atoms with Crippen molar-refractivity contribution in [3.05, 3.63) is 17.5 Å². The lowest BCUT2D eigenvalue weighted by atomic mass is 9.99. The van der Waals surface area contributed by atoms with Crippen molar-refractivity contribution < 1.29 is 0 Å². The first-order chi connectivity index (χ1) is 7.75. The molecule has 1 saturated heterocycles. The quantitative estimate of drug-likeness (QED) is 0.815. The lowest BCUT2D eigenvalue weighted by Crippen LogP contribution is -2.37. The van der Waals surface area contributed by atoms with Gasteiger partial charge < -0.3 is 10.2 Å². The molecule has 88 valence electrons. The van der Waals surface area contributed by atoms with Gasteiger partial charge in [0.25, 0.3) is 0 Å². The molecule has 2 rings (SSSR count). The number of nitrogens with one attached hydrogen (secondary N) is 1. The summed E-state index contributed by atoms with van der Waals surface area (Å²) in [5, 5.41) is 3.92. The van der Waals surface area contributed by atoms with Gasteiger partial charge in [-0.3, -0.25) is 0 Å². The lowest BCUT2D eigenvalue weighted by Gasteiger charge is -2.28. The van der Waals surface area contributed by atoms with E-state index in [1.165, 1.54) is 19.2 Å². The first-order valence-electron chi connectivity index (χ1n) is 5.65. The largest absolute Gasteiger partial charge is 0.359 e. The summed E-state index contributed by atoms with van der Waals surface area (Å²) in [7, 11) is 2.05. The van der Waals surface area contributed by atoms with Crippen LogP contribution >= 0.6 is 11.6 Å². The smallest absolute Gasteiger partial charge is 0.134 e. The van der Waals surface area contributed by atoms with E-state index in [-0.39, 0.29) is 0 Å². The molecule has 1 aliphatic heterocycles. The van der Waals surface area contributed by atoms with E-state index in [9.17, 15) is 0 Å². The van der Waals surface area contributed by atoms with Gasteiger partial charge in [-0.15, -0.1) is 0 Å². The van der Waals surface area contributed by atoms with Gasteiger partial charge in [0, 0.05) is 19.7 Å².